The zero-order chi connectivity index (χ0) is 15.4. The molecule has 2 fully saturated rings. The van der Waals surface area contributed by atoms with E-state index < -0.39 is 0 Å². The van der Waals surface area contributed by atoms with E-state index in [2.05, 4.69) is 38.2 Å². The van der Waals surface area contributed by atoms with Crippen molar-refractivity contribution < 1.29 is 9.84 Å². The second-order valence-electron chi connectivity index (χ2n) is 5.98. The van der Waals surface area contributed by atoms with Gasteiger partial charge in [0.25, 0.3) is 0 Å². The van der Waals surface area contributed by atoms with Crippen LogP contribution in [0.5, 0.6) is 0 Å². The predicted molar refractivity (Wildman–Crippen MR) is 85.5 cm³/mol. The molecule has 0 radical (unpaired) electrons. The highest BCUT2D eigenvalue weighted by Crippen LogP contribution is 2.27. The molecule has 1 aromatic rings. The maximum atomic E-state index is 9.00. The normalized spacial score (nSPS) is 23.0. The average Bonchev–Trinajstić information content (AvgIpc) is 3.08. The van der Waals surface area contributed by atoms with Crippen molar-refractivity contribution in [3.63, 3.8) is 0 Å². The lowest BCUT2D eigenvalue weighted by Crippen LogP contribution is -2.45. The molecule has 2 aliphatic rings. The monoisotopic (exact) mass is 307 g/mol. The van der Waals surface area contributed by atoms with E-state index in [0.717, 1.165) is 57.3 Å². The molecule has 3 heterocycles. The smallest absolute Gasteiger partial charge is 0.224 e. The quantitative estimate of drug-likeness (QED) is 0.801. The maximum Gasteiger partial charge on any atom is 0.224 e. The summed E-state index contributed by atoms with van der Waals surface area (Å²) in [6.07, 6.45) is 1.01. The number of nitrogens with one attached hydrogen (secondary N) is 1. The molecule has 0 bridgehead atoms. The average molecular weight is 307 g/mol. The molecule has 1 aromatic heterocycles. The molecule has 7 heteroatoms. The molecule has 1 unspecified atom stereocenters. The number of hydrogen-bond donors (Lipinski definition) is 2. The second-order valence-corrected chi connectivity index (χ2v) is 5.98. The van der Waals surface area contributed by atoms with Crippen LogP contribution in [0.3, 0.4) is 0 Å². The highest BCUT2D eigenvalue weighted by atomic mass is 16.5. The van der Waals surface area contributed by atoms with Crippen molar-refractivity contribution in [2.45, 2.75) is 12.3 Å². The van der Waals surface area contributed by atoms with Gasteiger partial charge in [0.1, 0.15) is 5.82 Å². The van der Waals surface area contributed by atoms with Gasteiger partial charge < -0.3 is 25.0 Å². The van der Waals surface area contributed by atoms with Crippen LogP contribution < -0.4 is 10.2 Å². The third-order valence-electron chi connectivity index (χ3n) is 4.30. The topological polar surface area (TPSA) is 73.8 Å². The maximum absolute atomic E-state index is 9.00. The van der Waals surface area contributed by atoms with Crippen LogP contribution in [-0.2, 0) is 4.74 Å². The van der Waals surface area contributed by atoms with E-state index in [1.54, 1.807) is 0 Å². The van der Waals surface area contributed by atoms with E-state index in [9.17, 15) is 0 Å². The van der Waals surface area contributed by atoms with Gasteiger partial charge in [0, 0.05) is 51.3 Å². The predicted octanol–water partition coefficient (Wildman–Crippen LogP) is 0.137. The van der Waals surface area contributed by atoms with Gasteiger partial charge in [0.15, 0.2) is 0 Å². The van der Waals surface area contributed by atoms with Gasteiger partial charge in [-0.05, 0) is 13.5 Å². The van der Waals surface area contributed by atoms with Gasteiger partial charge in [-0.25, -0.2) is 4.98 Å². The Morgan fingerprint density at radius 3 is 2.82 bits per heavy atom. The third kappa shape index (κ3) is 3.66. The van der Waals surface area contributed by atoms with E-state index >= 15 is 0 Å². The first-order valence-corrected chi connectivity index (χ1v) is 8.01. The van der Waals surface area contributed by atoms with Crippen LogP contribution in [0.25, 0.3) is 0 Å². The summed E-state index contributed by atoms with van der Waals surface area (Å²) in [7, 11) is 2.15. The first-order chi connectivity index (χ1) is 10.8. The van der Waals surface area contributed by atoms with Gasteiger partial charge in [-0.2, -0.15) is 4.98 Å². The van der Waals surface area contributed by atoms with Crippen molar-refractivity contribution >= 4 is 11.8 Å². The van der Waals surface area contributed by atoms with Crippen molar-refractivity contribution in [2.24, 2.45) is 0 Å². The van der Waals surface area contributed by atoms with Crippen molar-refractivity contribution in [2.75, 3.05) is 69.8 Å². The highest BCUT2D eigenvalue weighted by Gasteiger charge is 2.23. The van der Waals surface area contributed by atoms with Gasteiger partial charge in [0.05, 0.1) is 18.9 Å². The van der Waals surface area contributed by atoms with Crippen LogP contribution >= 0.6 is 0 Å². The molecule has 122 valence electrons. The second kappa shape index (κ2) is 7.21. The van der Waals surface area contributed by atoms with Crippen LogP contribution in [0.2, 0.25) is 0 Å². The number of aliphatic hydroxyl groups excluding tert-OH is 1. The molecule has 0 amide bonds. The molecular weight excluding hydrogens is 282 g/mol. The van der Waals surface area contributed by atoms with Crippen molar-refractivity contribution in [3.8, 4) is 0 Å². The molecule has 0 spiro atoms. The Morgan fingerprint density at radius 1 is 1.32 bits per heavy atom. The minimum Gasteiger partial charge on any atom is -0.395 e. The van der Waals surface area contributed by atoms with Gasteiger partial charge >= 0.3 is 0 Å². The molecular formula is C15H25N5O2. The lowest BCUT2D eigenvalue weighted by molar-refractivity contribution is 0.193. The van der Waals surface area contributed by atoms with Crippen molar-refractivity contribution in [1.82, 2.24) is 14.9 Å². The Hall–Kier alpha value is -1.44. The first kappa shape index (κ1) is 15.5. The fraction of sp³-hybridized carbons (Fsp3) is 0.733. The van der Waals surface area contributed by atoms with Crippen LogP contribution in [0.15, 0.2) is 6.07 Å². The molecule has 2 saturated heterocycles. The largest absolute Gasteiger partial charge is 0.395 e. The third-order valence-corrected chi connectivity index (χ3v) is 4.30. The molecule has 2 aliphatic heterocycles. The van der Waals surface area contributed by atoms with Crippen LogP contribution in [0, 0.1) is 0 Å². The number of hydrogen-bond acceptors (Lipinski definition) is 7. The molecule has 22 heavy (non-hydrogen) atoms. The number of anilines is 2. The number of aromatic nitrogens is 2. The van der Waals surface area contributed by atoms with E-state index in [0.29, 0.717) is 18.4 Å². The summed E-state index contributed by atoms with van der Waals surface area (Å²) in [5.41, 5.74) is 1.04. The Bertz CT molecular complexity index is 485. The Labute approximate surface area is 131 Å². The number of rotatable bonds is 5. The molecule has 0 aliphatic carbocycles. The Kier molecular flexibility index (Phi) is 5.07. The minimum atomic E-state index is 0.0734. The summed E-state index contributed by atoms with van der Waals surface area (Å²) >= 11 is 0. The van der Waals surface area contributed by atoms with E-state index in [-0.39, 0.29) is 6.61 Å². The van der Waals surface area contributed by atoms with Gasteiger partial charge in [0.2, 0.25) is 5.95 Å². The van der Waals surface area contributed by atoms with Crippen LogP contribution in [-0.4, -0.2) is 79.6 Å². The van der Waals surface area contributed by atoms with Crippen molar-refractivity contribution in [1.29, 1.82) is 0 Å². The molecule has 2 N–H and O–H groups in total. The standard InChI is InChI=1S/C15H25N5O2/c1-19-4-6-20(7-5-19)14-10-13(12-2-9-22-11-12)17-15(18-14)16-3-8-21/h10,12,21H,2-9,11H2,1H3,(H,16,17,18). The summed E-state index contributed by atoms with van der Waals surface area (Å²) in [6, 6.07) is 2.11. The molecule has 0 saturated carbocycles. The lowest BCUT2D eigenvalue weighted by Gasteiger charge is -2.33. The molecule has 3 rings (SSSR count). The Morgan fingerprint density at radius 2 is 2.14 bits per heavy atom. The van der Waals surface area contributed by atoms with Gasteiger partial charge in [-0.15, -0.1) is 0 Å². The van der Waals surface area contributed by atoms with Gasteiger partial charge in [-0.1, -0.05) is 0 Å². The molecule has 0 aromatic carbocycles. The summed E-state index contributed by atoms with van der Waals surface area (Å²) < 4.78 is 5.49. The summed E-state index contributed by atoms with van der Waals surface area (Å²) in [4.78, 5) is 13.9. The fourth-order valence-corrected chi connectivity index (χ4v) is 2.87. The SMILES string of the molecule is CN1CCN(c2cc(C3CCOC3)nc(NCCO)n2)CC1. The summed E-state index contributed by atoms with van der Waals surface area (Å²) in [6.45, 7) is 6.13. The number of ether oxygens (including phenoxy) is 1. The number of likely N-dealkylation sites (N-methyl/N-ethyl adjacent to an activating group) is 1. The summed E-state index contributed by atoms with van der Waals surface area (Å²) in [5.74, 6) is 1.93. The van der Waals surface area contributed by atoms with E-state index in [1.807, 2.05) is 0 Å². The zero-order valence-corrected chi connectivity index (χ0v) is 13.2. The number of piperazine rings is 1. The number of nitrogens with zero attached hydrogens (tertiary/aromatic N) is 4. The fourth-order valence-electron chi connectivity index (χ4n) is 2.87. The zero-order valence-electron chi connectivity index (χ0n) is 13.2. The van der Waals surface area contributed by atoms with E-state index in [1.165, 1.54) is 0 Å². The van der Waals surface area contributed by atoms with E-state index in [4.69, 9.17) is 9.84 Å². The summed E-state index contributed by atoms with van der Waals surface area (Å²) in [5, 5.41) is 12.1. The van der Waals surface area contributed by atoms with Crippen molar-refractivity contribution in [3.05, 3.63) is 11.8 Å². The van der Waals surface area contributed by atoms with Gasteiger partial charge in [-0.3, -0.25) is 0 Å². The lowest BCUT2D eigenvalue weighted by atomic mass is 10.0. The van der Waals surface area contributed by atoms with Crippen LogP contribution in [0.1, 0.15) is 18.0 Å². The highest BCUT2D eigenvalue weighted by molar-refractivity contribution is 5.46. The Balaban J connectivity index is 1.81. The minimum absolute atomic E-state index is 0.0734. The molecule has 1 atom stereocenters. The molecule has 7 nitrogen and oxygen atoms in total. The first-order valence-electron chi connectivity index (χ1n) is 8.01. The number of aliphatic hydroxyl groups is 1. The van der Waals surface area contributed by atoms with Crippen LogP contribution in [0.4, 0.5) is 11.8 Å².